The number of carbonyl (C=O) groups is 1. The molecule has 7 nitrogen and oxygen atoms in total. The van der Waals surface area contributed by atoms with E-state index in [9.17, 15) is 9.59 Å². The van der Waals surface area contributed by atoms with Crippen LogP contribution in [-0.2, 0) is 4.79 Å². The lowest BCUT2D eigenvalue weighted by atomic mass is 10.0. The number of amides is 1. The van der Waals surface area contributed by atoms with E-state index in [1.807, 2.05) is 55.5 Å². The van der Waals surface area contributed by atoms with E-state index in [0.29, 0.717) is 27.9 Å². The minimum absolute atomic E-state index is 0.117. The molecule has 0 saturated heterocycles. The molecule has 1 N–H and O–H groups in total. The highest BCUT2D eigenvalue weighted by Gasteiger charge is 2.29. The van der Waals surface area contributed by atoms with E-state index in [2.05, 4.69) is 24.3 Å². The summed E-state index contributed by atoms with van der Waals surface area (Å²) in [6.45, 7) is 6.27. The molecule has 2 aromatic heterocycles. The predicted molar refractivity (Wildman–Crippen MR) is 131 cm³/mol. The van der Waals surface area contributed by atoms with Crippen molar-refractivity contribution in [2.45, 2.75) is 44.3 Å². The third kappa shape index (κ3) is 3.95. The van der Waals surface area contributed by atoms with Gasteiger partial charge in [-0.05, 0) is 42.2 Å². The van der Waals surface area contributed by atoms with E-state index in [1.165, 1.54) is 17.3 Å². The van der Waals surface area contributed by atoms with Crippen molar-refractivity contribution >= 4 is 34.4 Å². The highest BCUT2D eigenvalue weighted by molar-refractivity contribution is 7.99. The number of aromatic nitrogens is 4. The molecule has 168 valence electrons. The molecule has 0 saturated carbocycles. The van der Waals surface area contributed by atoms with Gasteiger partial charge in [0.2, 0.25) is 5.91 Å². The standard InChI is InChI=1S/C25H25N5O2S/c1-15(2)17-8-10-18(11-9-17)27-22(31)12-19-14-33-25-28-23-20(24(32)29(19)25)13-26-30(23)21-7-5-4-6-16(21)3/h4-11,13,15,19H,12,14H2,1-3H3,(H,27,31). The van der Waals surface area contributed by atoms with Crippen LogP contribution in [0.25, 0.3) is 16.7 Å². The van der Waals surface area contributed by atoms with Crippen molar-refractivity contribution < 1.29 is 4.79 Å². The van der Waals surface area contributed by atoms with E-state index in [1.54, 1.807) is 15.4 Å². The first-order valence-electron chi connectivity index (χ1n) is 11.0. The van der Waals surface area contributed by atoms with Crippen LogP contribution in [-0.4, -0.2) is 31.0 Å². The number of rotatable bonds is 5. The van der Waals surface area contributed by atoms with Crippen LogP contribution in [0.5, 0.6) is 0 Å². The number of thioether (sulfide) groups is 1. The number of hydrogen-bond donors (Lipinski definition) is 1. The lowest BCUT2D eigenvalue weighted by Gasteiger charge is -2.14. The van der Waals surface area contributed by atoms with Crippen molar-refractivity contribution in [2.24, 2.45) is 0 Å². The summed E-state index contributed by atoms with van der Waals surface area (Å²) in [7, 11) is 0. The molecule has 0 fully saturated rings. The van der Waals surface area contributed by atoms with Crippen molar-refractivity contribution in [1.82, 2.24) is 19.3 Å². The molecule has 0 spiro atoms. The molecular formula is C25H25N5O2S. The van der Waals surface area contributed by atoms with Crippen LogP contribution in [0.2, 0.25) is 0 Å². The van der Waals surface area contributed by atoms with Gasteiger partial charge in [0.15, 0.2) is 10.8 Å². The molecular weight excluding hydrogens is 434 g/mol. The van der Waals surface area contributed by atoms with Gasteiger partial charge in [0.1, 0.15) is 5.39 Å². The quantitative estimate of drug-likeness (QED) is 0.438. The van der Waals surface area contributed by atoms with Crippen LogP contribution in [0.4, 0.5) is 5.69 Å². The summed E-state index contributed by atoms with van der Waals surface area (Å²) in [6.07, 6.45) is 1.78. The van der Waals surface area contributed by atoms with Gasteiger partial charge in [-0.15, -0.1) is 0 Å². The van der Waals surface area contributed by atoms with Crippen LogP contribution in [0, 0.1) is 6.92 Å². The van der Waals surface area contributed by atoms with Crippen LogP contribution < -0.4 is 10.9 Å². The maximum absolute atomic E-state index is 13.3. The van der Waals surface area contributed by atoms with E-state index in [0.717, 1.165) is 16.9 Å². The van der Waals surface area contributed by atoms with Gasteiger partial charge in [-0.1, -0.05) is 55.9 Å². The Labute approximate surface area is 195 Å². The molecule has 4 aromatic rings. The van der Waals surface area contributed by atoms with Gasteiger partial charge in [0.05, 0.1) is 17.9 Å². The van der Waals surface area contributed by atoms with Crippen LogP contribution in [0.15, 0.2) is 64.7 Å². The number of carbonyl (C=O) groups excluding carboxylic acids is 1. The van der Waals surface area contributed by atoms with Crippen molar-refractivity contribution in [3.05, 3.63) is 76.2 Å². The van der Waals surface area contributed by atoms with Crippen molar-refractivity contribution in [3.63, 3.8) is 0 Å². The Balaban J connectivity index is 1.40. The zero-order valence-corrected chi connectivity index (χ0v) is 19.6. The number of nitrogens with zero attached hydrogens (tertiary/aromatic N) is 4. The summed E-state index contributed by atoms with van der Waals surface area (Å²) in [6, 6.07) is 15.5. The maximum atomic E-state index is 13.3. The number of fused-ring (bicyclic) bond motifs is 2. The average Bonchev–Trinajstić information content (AvgIpc) is 3.39. The Morgan fingerprint density at radius 1 is 1.18 bits per heavy atom. The normalized spacial score (nSPS) is 15.2. The molecule has 5 rings (SSSR count). The number of nitrogens with one attached hydrogen (secondary N) is 1. The number of para-hydroxylation sites is 1. The summed E-state index contributed by atoms with van der Waals surface area (Å²) in [5.74, 6) is 0.952. The predicted octanol–water partition coefficient (Wildman–Crippen LogP) is 4.69. The fourth-order valence-electron chi connectivity index (χ4n) is 4.14. The average molecular weight is 460 g/mol. The van der Waals surface area contributed by atoms with Crippen LogP contribution in [0.3, 0.4) is 0 Å². The Morgan fingerprint density at radius 2 is 1.94 bits per heavy atom. The summed E-state index contributed by atoms with van der Waals surface area (Å²) < 4.78 is 3.37. The van der Waals surface area contributed by atoms with Crippen molar-refractivity contribution in [1.29, 1.82) is 0 Å². The Bertz CT molecular complexity index is 1400. The molecule has 1 aliphatic rings. The van der Waals surface area contributed by atoms with Gasteiger partial charge in [0.25, 0.3) is 5.56 Å². The summed E-state index contributed by atoms with van der Waals surface area (Å²) >= 11 is 1.50. The molecule has 0 aliphatic carbocycles. The van der Waals surface area contributed by atoms with Gasteiger partial charge in [0, 0.05) is 17.9 Å². The molecule has 2 aromatic carbocycles. The maximum Gasteiger partial charge on any atom is 0.265 e. The molecule has 1 amide bonds. The third-order valence-corrected chi connectivity index (χ3v) is 7.09. The van der Waals surface area contributed by atoms with Crippen molar-refractivity contribution in [2.75, 3.05) is 11.1 Å². The van der Waals surface area contributed by atoms with Gasteiger partial charge in [-0.3, -0.25) is 14.2 Å². The van der Waals surface area contributed by atoms with Gasteiger partial charge in [-0.2, -0.15) is 5.10 Å². The molecule has 8 heteroatoms. The topological polar surface area (TPSA) is 81.8 Å². The van der Waals surface area contributed by atoms with E-state index < -0.39 is 0 Å². The molecule has 33 heavy (non-hydrogen) atoms. The summed E-state index contributed by atoms with van der Waals surface area (Å²) in [4.78, 5) is 30.8. The lowest BCUT2D eigenvalue weighted by molar-refractivity contribution is -0.116. The monoisotopic (exact) mass is 459 g/mol. The smallest absolute Gasteiger partial charge is 0.265 e. The van der Waals surface area contributed by atoms with Gasteiger partial charge in [-0.25, -0.2) is 9.67 Å². The first kappa shape index (κ1) is 21.5. The lowest BCUT2D eigenvalue weighted by Crippen LogP contribution is -2.27. The van der Waals surface area contributed by atoms with Crippen LogP contribution in [0.1, 0.15) is 43.4 Å². The molecule has 0 bridgehead atoms. The molecule has 3 heterocycles. The zero-order valence-electron chi connectivity index (χ0n) is 18.8. The summed E-state index contributed by atoms with van der Waals surface area (Å²) in [5, 5.41) is 8.48. The minimum atomic E-state index is -0.244. The third-order valence-electron chi connectivity index (χ3n) is 6.00. The Hall–Kier alpha value is -3.39. The van der Waals surface area contributed by atoms with Gasteiger partial charge < -0.3 is 5.32 Å². The SMILES string of the molecule is Cc1ccccc1-n1ncc2c(=O)n3c(nc21)SCC3CC(=O)Nc1ccc(C(C)C)cc1. The number of hydrogen-bond acceptors (Lipinski definition) is 5. The highest BCUT2D eigenvalue weighted by atomic mass is 32.2. The second-order valence-electron chi connectivity index (χ2n) is 8.64. The molecule has 1 aliphatic heterocycles. The van der Waals surface area contributed by atoms with E-state index in [4.69, 9.17) is 4.98 Å². The first-order chi connectivity index (χ1) is 15.9. The largest absolute Gasteiger partial charge is 0.326 e. The Kier molecular flexibility index (Phi) is 5.54. The second kappa shape index (κ2) is 8.51. The second-order valence-corrected chi connectivity index (χ2v) is 9.63. The van der Waals surface area contributed by atoms with Gasteiger partial charge >= 0.3 is 0 Å². The Morgan fingerprint density at radius 3 is 2.67 bits per heavy atom. The summed E-state index contributed by atoms with van der Waals surface area (Å²) in [5.41, 5.74) is 4.32. The molecule has 1 unspecified atom stereocenters. The number of anilines is 1. The zero-order chi connectivity index (χ0) is 23.1. The number of benzene rings is 2. The minimum Gasteiger partial charge on any atom is -0.326 e. The molecule has 1 atom stereocenters. The fourth-order valence-corrected chi connectivity index (χ4v) is 5.27. The van der Waals surface area contributed by atoms with E-state index >= 15 is 0 Å². The first-order valence-corrected chi connectivity index (χ1v) is 12.0. The van der Waals surface area contributed by atoms with Crippen LogP contribution >= 0.6 is 11.8 Å². The van der Waals surface area contributed by atoms with Crippen molar-refractivity contribution in [3.8, 4) is 5.69 Å². The van der Waals surface area contributed by atoms with E-state index in [-0.39, 0.29) is 23.9 Å². The fraction of sp³-hybridized carbons (Fsp3) is 0.280. The highest BCUT2D eigenvalue weighted by Crippen LogP contribution is 2.33. The molecule has 0 radical (unpaired) electrons. The number of aryl methyl sites for hydroxylation is 1.